The van der Waals surface area contributed by atoms with E-state index in [1.165, 1.54) is 0 Å². The van der Waals surface area contributed by atoms with Gasteiger partial charge in [0.25, 0.3) is 0 Å². The van der Waals surface area contributed by atoms with Gasteiger partial charge in [0.05, 0.1) is 11.0 Å². The van der Waals surface area contributed by atoms with Gasteiger partial charge in [-0.05, 0) is 46.0 Å². The minimum atomic E-state index is -1.06. The summed E-state index contributed by atoms with van der Waals surface area (Å²) in [4.78, 5) is 23.4. The van der Waals surface area contributed by atoms with Crippen LogP contribution in [0.4, 0.5) is 4.79 Å². The van der Waals surface area contributed by atoms with E-state index in [0.29, 0.717) is 6.54 Å². The zero-order chi connectivity index (χ0) is 16.3. The molecule has 122 valence electrons. The van der Waals surface area contributed by atoms with E-state index < -0.39 is 16.9 Å². The van der Waals surface area contributed by atoms with Crippen molar-refractivity contribution in [2.75, 3.05) is 19.8 Å². The Morgan fingerprint density at radius 1 is 1.19 bits per heavy atom. The van der Waals surface area contributed by atoms with Crippen LogP contribution in [0.5, 0.6) is 0 Å². The van der Waals surface area contributed by atoms with E-state index in [2.05, 4.69) is 17.6 Å². The molecule has 0 atom stereocenters. The van der Waals surface area contributed by atoms with E-state index in [9.17, 15) is 14.7 Å². The molecule has 1 fully saturated rings. The summed E-state index contributed by atoms with van der Waals surface area (Å²) in [5, 5.41) is 14.9. The van der Waals surface area contributed by atoms with Crippen LogP contribution in [0.3, 0.4) is 0 Å². The molecule has 0 radical (unpaired) electrons. The molecule has 3 N–H and O–H groups in total. The van der Waals surface area contributed by atoms with E-state index in [-0.39, 0.29) is 11.4 Å². The fourth-order valence-electron chi connectivity index (χ4n) is 2.09. The number of nitrogens with one attached hydrogen (secondary N) is 2. The first-order chi connectivity index (χ1) is 9.50. The Hall–Kier alpha value is -1.30. The van der Waals surface area contributed by atoms with Gasteiger partial charge in [-0.25, -0.2) is 4.79 Å². The average Bonchev–Trinajstić information content (AvgIpc) is 2.36. The second kappa shape index (κ2) is 6.22. The van der Waals surface area contributed by atoms with Crippen molar-refractivity contribution in [2.24, 2.45) is 10.8 Å². The Bertz CT molecular complexity index is 398. The van der Waals surface area contributed by atoms with Gasteiger partial charge in [-0.1, -0.05) is 6.92 Å². The lowest BCUT2D eigenvalue weighted by atomic mass is 9.74. The predicted molar refractivity (Wildman–Crippen MR) is 80.2 cm³/mol. The minimum Gasteiger partial charge on any atom is -0.481 e. The number of hydrogen-bond donors (Lipinski definition) is 3. The maximum absolute atomic E-state index is 12.1. The maximum Gasteiger partial charge on any atom is 0.315 e. The molecule has 1 heterocycles. The number of aliphatic carboxylic acids is 1. The van der Waals surface area contributed by atoms with Gasteiger partial charge in [0.2, 0.25) is 0 Å². The highest BCUT2D eigenvalue weighted by Gasteiger charge is 2.44. The number of urea groups is 1. The fraction of sp³-hybridized carbons (Fsp3) is 0.867. The number of carboxylic acid groups (broad SMARTS) is 1. The molecule has 0 aromatic carbocycles. The molecule has 1 saturated heterocycles. The van der Waals surface area contributed by atoms with Crippen LogP contribution in [0.25, 0.3) is 0 Å². The lowest BCUT2D eigenvalue weighted by Gasteiger charge is -2.39. The summed E-state index contributed by atoms with van der Waals surface area (Å²) < 4.78 is 5.33. The zero-order valence-electron chi connectivity index (χ0n) is 13.7. The first-order valence-corrected chi connectivity index (χ1v) is 7.37. The molecule has 0 saturated carbocycles. The van der Waals surface area contributed by atoms with Gasteiger partial charge in [0, 0.05) is 19.8 Å². The van der Waals surface area contributed by atoms with Crippen LogP contribution in [-0.2, 0) is 9.53 Å². The topological polar surface area (TPSA) is 87.7 Å². The molecule has 0 bridgehead atoms. The van der Waals surface area contributed by atoms with Gasteiger partial charge in [0.15, 0.2) is 0 Å². The van der Waals surface area contributed by atoms with Crippen LogP contribution in [-0.4, -0.2) is 42.4 Å². The fourth-order valence-corrected chi connectivity index (χ4v) is 2.09. The van der Waals surface area contributed by atoms with Crippen LogP contribution >= 0.6 is 0 Å². The Labute approximate surface area is 126 Å². The summed E-state index contributed by atoms with van der Waals surface area (Å²) in [7, 11) is 0. The Morgan fingerprint density at radius 2 is 1.71 bits per heavy atom. The van der Waals surface area contributed by atoms with Gasteiger partial charge in [-0.15, -0.1) is 0 Å². The van der Waals surface area contributed by atoms with Gasteiger partial charge >= 0.3 is 12.0 Å². The number of amides is 2. The number of hydrogen-bond acceptors (Lipinski definition) is 3. The van der Waals surface area contributed by atoms with Gasteiger partial charge in [0.1, 0.15) is 0 Å². The molecule has 0 aromatic rings. The van der Waals surface area contributed by atoms with Crippen molar-refractivity contribution < 1.29 is 19.4 Å². The molecule has 2 amide bonds. The van der Waals surface area contributed by atoms with Crippen LogP contribution in [0.1, 0.15) is 47.5 Å². The molecule has 0 spiro atoms. The monoisotopic (exact) mass is 300 g/mol. The number of carboxylic acids is 1. The lowest BCUT2D eigenvalue weighted by Crippen LogP contribution is -2.59. The van der Waals surface area contributed by atoms with Crippen molar-refractivity contribution in [1.82, 2.24) is 10.6 Å². The quantitative estimate of drug-likeness (QED) is 0.724. The van der Waals surface area contributed by atoms with Crippen molar-refractivity contribution in [2.45, 2.75) is 53.0 Å². The van der Waals surface area contributed by atoms with E-state index >= 15 is 0 Å². The SMILES string of the molecule is CC1(CNC(=O)NC(C)(C)C(C)(C)C(=O)O)CCOCC1. The van der Waals surface area contributed by atoms with Crippen molar-refractivity contribution in [1.29, 1.82) is 0 Å². The molecule has 0 unspecified atom stereocenters. The van der Waals surface area contributed by atoms with Gasteiger partial charge in [-0.3, -0.25) is 4.79 Å². The standard InChI is InChI=1S/C15H28N2O4/c1-13(2,11(18)19)14(3,4)17-12(20)16-10-15(5)6-8-21-9-7-15/h6-10H2,1-5H3,(H,18,19)(H2,16,17,20). The summed E-state index contributed by atoms with van der Waals surface area (Å²) in [5.74, 6) is -0.941. The smallest absolute Gasteiger partial charge is 0.315 e. The molecule has 21 heavy (non-hydrogen) atoms. The zero-order valence-corrected chi connectivity index (χ0v) is 13.7. The van der Waals surface area contributed by atoms with Crippen molar-refractivity contribution in [3.8, 4) is 0 Å². The van der Waals surface area contributed by atoms with E-state index in [1.54, 1.807) is 27.7 Å². The van der Waals surface area contributed by atoms with E-state index in [4.69, 9.17) is 4.74 Å². The summed E-state index contributed by atoms with van der Waals surface area (Å²) in [6.07, 6.45) is 1.83. The number of ether oxygens (including phenoxy) is 1. The number of carbonyl (C=O) groups is 2. The molecule has 6 nitrogen and oxygen atoms in total. The molecule has 1 aliphatic rings. The molecule has 6 heteroatoms. The van der Waals surface area contributed by atoms with Crippen molar-refractivity contribution >= 4 is 12.0 Å². The highest BCUT2D eigenvalue weighted by Crippen LogP contribution is 2.31. The molecular weight excluding hydrogens is 272 g/mol. The molecule has 1 aliphatic heterocycles. The highest BCUT2D eigenvalue weighted by molar-refractivity contribution is 5.79. The largest absolute Gasteiger partial charge is 0.481 e. The van der Waals surface area contributed by atoms with Crippen LogP contribution in [0.2, 0.25) is 0 Å². The average molecular weight is 300 g/mol. The third-order valence-electron chi connectivity index (χ3n) is 4.90. The summed E-state index contributed by atoms with van der Waals surface area (Å²) in [6, 6.07) is -0.331. The normalized spacial score (nSPS) is 18.9. The van der Waals surface area contributed by atoms with Crippen molar-refractivity contribution in [3.05, 3.63) is 0 Å². The summed E-state index contributed by atoms with van der Waals surface area (Å²) in [6.45, 7) is 10.8. The predicted octanol–water partition coefficient (Wildman–Crippen LogP) is 1.99. The van der Waals surface area contributed by atoms with Gasteiger partial charge in [-0.2, -0.15) is 0 Å². The Morgan fingerprint density at radius 3 is 2.19 bits per heavy atom. The summed E-state index contributed by atoms with van der Waals surface area (Å²) in [5.41, 5.74) is -1.88. The number of rotatable bonds is 5. The second-order valence-corrected chi connectivity index (χ2v) is 7.29. The number of carbonyl (C=O) groups excluding carboxylic acids is 1. The Kier molecular flexibility index (Phi) is 5.25. The van der Waals surface area contributed by atoms with Crippen LogP contribution in [0, 0.1) is 10.8 Å². The molecular formula is C15H28N2O4. The maximum atomic E-state index is 12.1. The van der Waals surface area contributed by atoms with Crippen LogP contribution in [0.15, 0.2) is 0 Å². The lowest BCUT2D eigenvalue weighted by molar-refractivity contribution is -0.150. The molecule has 0 aliphatic carbocycles. The molecule has 0 aromatic heterocycles. The highest BCUT2D eigenvalue weighted by atomic mass is 16.5. The van der Waals surface area contributed by atoms with Crippen LogP contribution < -0.4 is 10.6 Å². The third kappa shape index (κ3) is 4.33. The minimum absolute atomic E-state index is 0.0437. The first-order valence-electron chi connectivity index (χ1n) is 7.37. The second-order valence-electron chi connectivity index (χ2n) is 7.29. The van der Waals surface area contributed by atoms with Crippen molar-refractivity contribution in [3.63, 3.8) is 0 Å². The first kappa shape index (κ1) is 17.8. The van der Waals surface area contributed by atoms with E-state index in [1.807, 2.05) is 0 Å². The summed E-state index contributed by atoms with van der Waals surface area (Å²) >= 11 is 0. The Balaban J connectivity index is 2.55. The molecule has 1 rings (SSSR count). The van der Waals surface area contributed by atoms with Gasteiger partial charge < -0.3 is 20.5 Å². The third-order valence-corrected chi connectivity index (χ3v) is 4.90. The van der Waals surface area contributed by atoms with E-state index in [0.717, 1.165) is 26.1 Å².